The molecule has 0 fully saturated rings. The summed E-state index contributed by atoms with van der Waals surface area (Å²) in [5.41, 5.74) is 5.58. The number of carbonyl (C=O) groups is 1. The van der Waals surface area contributed by atoms with E-state index in [0.717, 1.165) is 0 Å². The first-order valence-corrected chi connectivity index (χ1v) is 4.89. The van der Waals surface area contributed by atoms with Crippen LogP contribution in [0.4, 0.5) is 0 Å². The average Bonchev–Trinajstić information content (AvgIpc) is 2.70. The molecule has 0 aliphatic rings. The molecule has 1 aromatic heterocycles. The topological polar surface area (TPSA) is 92.1 Å². The number of nitrogens with two attached hydrogens (primary N) is 1. The Kier molecular flexibility index (Phi) is 4.19. The van der Waals surface area contributed by atoms with Gasteiger partial charge < -0.3 is 20.3 Å². The van der Waals surface area contributed by atoms with Gasteiger partial charge in [0.25, 0.3) is 5.91 Å². The number of halogens is 1. The van der Waals surface area contributed by atoms with E-state index < -0.39 is 0 Å². The van der Waals surface area contributed by atoms with Crippen LogP contribution < -0.4 is 5.73 Å². The van der Waals surface area contributed by atoms with Crippen molar-refractivity contribution in [1.82, 2.24) is 4.90 Å². The molecule has 0 atom stereocenters. The minimum absolute atomic E-state index is 0.0562. The second-order valence-electron chi connectivity index (χ2n) is 3.18. The molecule has 0 radical (unpaired) electrons. The van der Waals surface area contributed by atoms with Crippen LogP contribution in [0.25, 0.3) is 0 Å². The molecule has 0 unspecified atom stereocenters. The highest BCUT2D eigenvalue weighted by atomic mass is 35.5. The Morgan fingerprint density at radius 2 is 2.44 bits per heavy atom. The van der Waals surface area contributed by atoms with Gasteiger partial charge in [-0.25, -0.2) is 0 Å². The highest BCUT2D eigenvalue weighted by Crippen LogP contribution is 2.18. The van der Waals surface area contributed by atoms with Crippen LogP contribution in [0, 0.1) is 0 Å². The number of carbonyl (C=O) groups excluding carboxylic acids is 1. The van der Waals surface area contributed by atoms with Crippen LogP contribution in [-0.2, 0) is 0 Å². The van der Waals surface area contributed by atoms with Gasteiger partial charge in [0.1, 0.15) is 5.84 Å². The van der Waals surface area contributed by atoms with Gasteiger partial charge in [-0.05, 0) is 17.7 Å². The van der Waals surface area contributed by atoms with E-state index in [1.807, 2.05) is 0 Å². The van der Waals surface area contributed by atoms with E-state index in [0.29, 0.717) is 12.1 Å². The largest absolute Gasteiger partial charge is 0.452 e. The van der Waals surface area contributed by atoms with Gasteiger partial charge in [-0.2, -0.15) is 0 Å². The fourth-order valence-electron chi connectivity index (χ4n) is 1.09. The van der Waals surface area contributed by atoms with Gasteiger partial charge in [0.05, 0.1) is 11.8 Å². The first-order chi connectivity index (χ1) is 7.56. The number of furan rings is 1. The monoisotopic (exact) mass is 245 g/mol. The third kappa shape index (κ3) is 2.90. The Morgan fingerprint density at radius 1 is 1.75 bits per heavy atom. The van der Waals surface area contributed by atoms with E-state index in [9.17, 15) is 4.79 Å². The van der Waals surface area contributed by atoms with Crippen molar-refractivity contribution in [2.45, 2.75) is 6.42 Å². The van der Waals surface area contributed by atoms with Gasteiger partial charge in [0.2, 0.25) is 5.22 Å². The quantitative estimate of drug-likeness (QED) is 0.360. The lowest BCUT2D eigenvalue weighted by atomic mass is 10.3. The van der Waals surface area contributed by atoms with Crippen molar-refractivity contribution in [2.24, 2.45) is 10.9 Å². The minimum Gasteiger partial charge on any atom is -0.452 e. The number of amidine groups is 1. The molecule has 0 saturated heterocycles. The minimum atomic E-state index is -0.274. The Hall–Kier alpha value is -1.69. The van der Waals surface area contributed by atoms with E-state index in [2.05, 4.69) is 5.16 Å². The Balaban J connectivity index is 2.58. The van der Waals surface area contributed by atoms with Gasteiger partial charge in [0.15, 0.2) is 0 Å². The number of hydrogen-bond donors (Lipinski definition) is 2. The molecule has 16 heavy (non-hydrogen) atoms. The van der Waals surface area contributed by atoms with E-state index in [-0.39, 0.29) is 23.4 Å². The predicted molar refractivity (Wildman–Crippen MR) is 58.7 cm³/mol. The molecular formula is C9H12ClN3O3. The van der Waals surface area contributed by atoms with Crippen molar-refractivity contribution in [2.75, 3.05) is 13.6 Å². The molecule has 7 heteroatoms. The fourth-order valence-corrected chi connectivity index (χ4v) is 1.28. The lowest BCUT2D eigenvalue weighted by Crippen LogP contribution is -2.30. The molecule has 6 nitrogen and oxygen atoms in total. The maximum Gasteiger partial charge on any atom is 0.258 e. The third-order valence-electron chi connectivity index (χ3n) is 2.03. The van der Waals surface area contributed by atoms with Crippen molar-refractivity contribution < 1.29 is 14.4 Å². The van der Waals surface area contributed by atoms with Crippen LogP contribution in [0.3, 0.4) is 0 Å². The molecule has 1 heterocycles. The molecule has 88 valence electrons. The Morgan fingerprint density at radius 3 is 2.94 bits per heavy atom. The fraction of sp³-hybridized carbons (Fsp3) is 0.333. The molecule has 0 aromatic carbocycles. The number of nitrogens with zero attached hydrogens (tertiary/aromatic N) is 2. The van der Waals surface area contributed by atoms with Gasteiger partial charge >= 0.3 is 0 Å². The summed E-state index contributed by atoms with van der Waals surface area (Å²) in [6.45, 7) is 0.330. The standard InChI is InChI=1S/C9H12ClN3O3/c1-13(4-2-7(11)12-15)9(14)6-3-5-16-8(6)10/h3,5,15H,2,4H2,1H3,(H2,11,12). The number of rotatable bonds is 4. The van der Waals surface area contributed by atoms with Crippen LogP contribution >= 0.6 is 11.6 Å². The molecule has 1 aromatic rings. The zero-order valence-corrected chi connectivity index (χ0v) is 9.44. The maximum atomic E-state index is 11.8. The first kappa shape index (κ1) is 12.4. The zero-order chi connectivity index (χ0) is 12.1. The molecule has 0 bridgehead atoms. The van der Waals surface area contributed by atoms with Crippen molar-refractivity contribution in [3.8, 4) is 0 Å². The van der Waals surface area contributed by atoms with Crippen LogP contribution in [0.5, 0.6) is 0 Å². The molecule has 0 saturated carbocycles. The van der Waals surface area contributed by atoms with E-state index in [1.165, 1.54) is 17.2 Å². The summed E-state index contributed by atoms with van der Waals surface area (Å²) < 4.78 is 4.81. The maximum absolute atomic E-state index is 11.8. The zero-order valence-electron chi connectivity index (χ0n) is 8.68. The van der Waals surface area contributed by atoms with E-state index in [4.69, 9.17) is 27.0 Å². The predicted octanol–water partition coefficient (Wildman–Crippen LogP) is 1.14. The summed E-state index contributed by atoms with van der Waals surface area (Å²) >= 11 is 5.67. The van der Waals surface area contributed by atoms with Crippen LogP contribution in [0.15, 0.2) is 21.9 Å². The van der Waals surface area contributed by atoms with Crippen molar-refractivity contribution in [3.05, 3.63) is 23.1 Å². The highest BCUT2D eigenvalue weighted by Gasteiger charge is 2.17. The normalized spacial score (nSPS) is 11.5. The van der Waals surface area contributed by atoms with Gasteiger partial charge in [-0.3, -0.25) is 4.79 Å². The van der Waals surface area contributed by atoms with Crippen molar-refractivity contribution in [1.29, 1.82) is 0 Å². The average molecular weight is 246 g/mol. The molecule has 0 spiro atoms. The molecule has 1 amide bonds. The Bertz CT molecular complexity index is 402. The summed E-state index contributed by atoms with van der Waals surface area (Å²) in [7, 11) is 1.59. The van der Waals surface area contributed by atoms with Gasteiger partial charge in [-0.15, -0.1) is 0 Å². The summed E-state index contributed by atoms with van der Waals surface area (Å²) in [4.78, 5) is 13.2. The smallest absolute Gasteiger partial charge is 0.258 e. The second-order valence-corrected chi connectivity index (χ2v) is 3.52. The third-order valence-corrected chi connectivity index (χ3v) is 2.32. The molecule has 1 rings (SSSR count). The summed E-state index contributed by atoms with van der Waals surface area (Å²) in [6, 6.07) is 1.49. The lowest BCUT2D eigenvalue weighted by Gasteiger charge is -2.15. The molecule has 0 aliphatic carbocycles. The second kappa shape index (κ2) is 5.41. The van der Waals surface area contributed by atoms with E-state index >= 15 is 0 Å². The number of amides is 1. The number of oxime groups is 1. The van der Waals surface area contributed by atoms with Crippen LogP contribution in [0.1, 0.15) is 16.8 Å². The Labute approximate surface area is 97.3 Å². The molecule has 3 N–H and O–H groups in total. The summed E-state index contributed by atoms with van der Waals surface area (Å²) in [5.74, 6) is -0.206. The van der Waals surface area contributed by atoms with Crippen LogP contribution in [-0.4, -0.2) is 35.4 Å². The van der Waals surface area contributed by atoms with E-state index in [1.54, 1.807) is 7.05 Å². The SMILES string of the molecule is CN(CC/C(N)=N/O)C(=O)c1ccoc1Cl. The van der Waals surface area contributed by atoms with Crippen LogP contribution in [0.2, 0.25) is 5.22 Å². The number of hydrogen-bond acceptors (Lipinski definition) is 4. The van der Waals surface area contributed by atoms with Gasteiger partial charge in [0, 0.05) is 20.0 Å². The van der Waals surface area contributed by atoms with Crippen molar-refractivity contribution in [3.63, 3.8) is 0 Å². The van der Waals surface area contributed by atoms with Crippen molar-refractivity contribution >= 4 is 23.3 Å². The molecule has 0 aliphatic heterocycles. The molecular weight excluding hydrogens is 234 g/mol. The highest BCUT2D eigenvalue weighted by molar-refractivity contribution is 6.32. The summed E-state index contributed by atoms with van der Waals surface area (Å²) in [5, 5.41) is 11.2. The first-order valence-electron chi connectivity index (χ1n) is 4.51. The lowest BCUT2D eigenvalue weighted by molar-refractivity contribution is 0.0798. The summed E-state index contributed by atoms with van der Waals surface area (Å²) in [6.07, 6.45) is 1.63. The van der Waals surface area contributed by atoms with Gasteiger partial charge in [-0.1, -0.05) is 5.16 Å².